The van der Waals surface area contributed by atoms with Crippen LogP contribution >= 0.6 is 15.9 Å². The largest absolute Gasteiger partial charge is 0.444 e. The second kappa shape index (κ2) is 5.12. The van der Waals surface area contributed by atoms with E-state index in [2.05, 4.69) is 15.9 Å². The van der Waals surface area contributed by atoms with Crippen LogP contribution in [-0.2, 0) is 17.7 Å². The Bertz CT molecular complexity index is 511. The summed E-state index contributed by atoms with van der Waals surface area (Å²) in [7, 11) is 0. The predicted octanol–water partition coefficient (Wildman–Crippen LogP) is 3.88. The molecule has 1 aliphatic heterocycles. The van der Waals surface area contributed by atoms with Gasteiger partial charge in [0.05, 0.1) is 4.47 Å². The van der Waals surface area contributed by atoms with Crippen molar-refractivity contribution in [2.45, 2.75) is 39.3 Å². The van der Waals surface area contributed by atoms with Crippen molar-refractivity contribution in [3.63, 3.8) is 0 Å². The number of benzene rings is 1. The molecule has 0 aliphatic carbocycles. The Balaban J connectivity index is 2.14. The third kappa shape index (κ3) is 3.47. The highest BCUT2D eigenvalue weighted by molar-refractivity contribution is 9.10. The molecule has 0 N–H and O–H groups in total. The fourth-order valence-electron chi connectivity index (χ4n) is 2.03. The van der Waals surface area contributed by atoms with Gasteiger partial charge in [-0.1, -0.05) is 0 Å². The Hall–Kier alpha value is -1.10. The van der Waals surface area contributed by atoms with E-state index >= 15 is 0 Å². The van der Waals surface area contributed by atoms with Crippen molar-refractivity contribution < 1.29 is 13.9 Å². The second-order valence-electron chi connectivity index (χ2n) is 5.69. The highest BCUT2D eigenvalue weighted by Crippen LogP contribution is 2.26. The molecule has 1 aliphatic rings. The topological polar surface area (TPSA) is 29.5 Å². The summed E-state index contributed by atoms with van der Waals surface area (Å²) >= 11 is 3.18. The first-order chi connectivity index (χ1) is 8.76. The van der Waals surface area contributed by atoms with Gasteiger partial charge in [-0.3, -0.25) is 0 Å². The van der Waals surface area contributed by atoms with Crippen LogP contribution in [0.25, 0.3) is 0 Å². The van der Waals surface area contributed by atoms with E-state index in [0.29, 0.717) is 24.0 Å². The third-order valence-corrected chi connectivity index (χ3v) is 3.51. The SMILES string of the molecule is CC(C)(C)OC(=O)N1CCc2cc(Br)c(F)cc2C1. The second-order valence-corrected chi connectivity index (χ2v) is 6.54. The number of carbonyl (C=O) groups is 1. The normalized spacial score (nSPS) is 15.1. The summed E-state index contributed by atoms with van der Waals surface area (Å²) in [6, 6.07) is 3.27. The molecule has 0 spiro atoms. The first-order valence-corrected chi connectivity index (χ1v) is 7.00. The number of carbonyl (C=O) groups excluding carboxylic acids is 1. The number of nitrogens with zero attached hydrogens (tertiary/aromatic N) is 1. The van der Waals surface area contributed by atoms with Gasteiger partial charge in [0.15, 0.2) is 0 Å². The molecule has 0 atom stereocenters. The van der Waals surface area contributed by atoms with Gasteiger partial charge in [-0.15, -0.1) is 0 Å². The van der Waals surface area contributed by atoms with E-state index in [-0.39, 0.29) is 11.9 Å². The minimum absolute atomic E-state index is 0.301. The average Bonchev–Trinajstić information content (AvgIpc) is 2.27. The molecule has 3 nitrogen and oxygen atoms in total. The van der Waals surface area contributed by atoms with Crippen LogP contribution in [0, 0.1) is 5.82 Å². The summed E-state index contributed by atoms with van der Waals surface area (Å²) in [4.78, 5) is 13.6. The van der Waals surface area contributed by atoms with E-state index in [1.807, 2.05) is 20.8 Å². The minimum atomic E-state index is -0.512. The van der Waals surface area contributed by atoms with E-state index in [1.54, 1.807) is 11.0 Å². The zero-order valence-electron chi connectivity index (χ0n) is 11.3. The molecule has 1 aromatic carbocycles. The van der Waals surface area contributed by atoms with Gasteiger partial charge < -0.3 is 9.64 Å². The van der Waals surface area contributed by atoms with Crippen LogP contribution < -0.4 is 0 Å². The van der Waals surface area contributed by atoms with Crippen molar-refractivity contribution >= 4 is 22.0 Å². The smallest absolute Gasteiger partial charge is 0.410 e. The highest BCUT2D eigenvalue weighted by Gasteiger charge is 2.26. The molecule has 0 unspecified atom stereocenters. The van der Waals surface area contributed by atoms with Gasteiger partial charge in [0.1, 0.15) is 11.4 Å². The van der Waals surface area contributed by atoms with Crippen molar-refractivity contribution in [3.05, 3.63) is 33.5 Å². The summed E-state index contributed by atoms with van der Waals surface area (Å²) < 4.78 is 19.3. The van der Waals surface area contributed by atoms with Crippen LogP contribution in [0.5, 0.6) is 0 Å². The molecule has 0 bridgehead atoms. The molecule has 0 aromatic heterocycles. The molecule has 5 heteroatoms. The maximum Gasteiger partial charge on any atom is 0.410 e. The minimum Gasteiger partial charge on any atom is -0.444 e. The first kappa shape index (κ1) is 14.3. The van der Waals surface area contributed by atoms with E-state index in [1.165, 1.54) is 6.07 Å². The molecule has 0 saturated carbocycles. The van der Waals surface area contributed by atoms with Crippen LogP contribution in [0.15, 0.2) is 16.6 Å². The first-order valence-electron chi connectivity index (χ1n) is 6.21. The molecule has 1 aromatic rings. The number of hydrogen-bond donors (Lipinski definition) is 0. The fraction of sp³-hybridized carbons (Fsp3) is 0.500. The fourth-order valence-corrected chi connectivity index (χ4v) is 2.42. The van der Waals surface area contributed by atoms with Crippen LogP contribution in [0.3, 0.4) is 0 Å². The molecular formula is C14H17BrFNO2. The number of hydrogen-bond acceptors (Lipinski definition) is 2. The van der Waals surface area contributed by atoms with Gasteiger partial charge in [0, 0.05) is 13.1 Å². The van der Waals surface area contributed by atoms with Crippen molar-refractivity contribution in [3.8, 4) is 0 Å². The maximum atomic E-state index is 13.5. The lowest BCUT2D eigenvalue weighted by Crippen LogP contribution is -2.39. The van der Waals surface area contributed by atoms with E-state index in [9.17, 15) is 9.18 Å². The molecule has 19 heavy (non-hydrogen) atoms. The molecule has 0 radical (unpaired) electrons. The van der Waals surface area contributed by atoms with Gasteiger partial charge in [0.2, 0.25) is 0 Å². The van der Waals surface area contributed by atoms with Gasteiger partial charge >= 0.3 is 6.09 Å². The highest BCUT2D eigenvalue weighted by atomic mass is 79.9. The van der Waals surface area contributed by atoms with Crippen LogP contribution in [0.1, 0.15) is 31.9 Å². The quantitative estimate of drug-likeness (QED) is 0.722. The Kier molecular flexibility index (Phi) is 3.85. The van der Waals surface area contributed by atoms with Gasteiger partial charge in [0.25, 0.3) is 0 Å². The van der Waals surface area contributed by atoms with Crippen molar-refractivity contribution in [2.75, 3.05) is 6.54 Å². The third-order valence-electron chi connectivity index (χ3n) is 2.91. The molecular weight excluding hydrogens is 313 g/mol. The zero-order valence-corrected chi connectivity index (χ0v) is 12.9. The van der Waals surface area contributed by atoms with Crippen molar-refractivity contribution in [2.24, 2.45) is 0 Å². The summed E-state index contributed by atoms with van der Waals surface area (Å²) in [6.45, 7) is 6.49. The predicted molar refractivity (Wildman–Crippen MR) is 74.4 cm³/mol. The van der Waals surface area contributed by atoms with E-state index in [4.69, 9.17) is 4.74 Å². The number of rotatable bonds is 0. The number of ether oxygens (including phenoxy) is 1. The average molecular weight is 330 g/mol. The maximum absolute atomic E-state index is 13.5. The van der Waals surface area contributed by atoms with E-state index in [0.717, 1.165) is 11.1 Å². The number of amides is 1. The van der Waals surface area contributed by atoms with Gasteiger partial charge in [-0.05, 0) is 66.4 Å². The zero-order chi connectivity index (χ0) is 14.2. The van der Waals surface area contributed by atoms with E-state index < -0.39 is 5.60 Å². The van der Waals surface area contributed by atoms with Gasteiger partial charge in [-0.2, -0.15) is 0 Å². The molecule has 1 amide bonds. The molecule has 0 fully saturated rings. The Morgan fingerprint density at radius 2 is 2.05 bits per heavy atom. The molecule has 1 heterocycles. The van der Waals surface area contributed by atoms with Crippen LogP contribution in [-0.4, -0.2) is 23.1 Å². The lowest BCUT2D eigenvalue weighted by molar-refractivity contribution is 0.0223. The summed E-state index contributed by atoms with van der Waals surface area (Å²) in [5, 5.41) is 0. The monoisotopic (exact) mass is 329 g/mol. The summed E-state index contributed by atoms with van der Waals surface area (Å²) in [5.74, 6) is -0.301. The number of fused-ring (bicyclic) bond motifs is 1. The van der Waals surface area contributed by atoms with Crippen molar-refractivity contribution in [1.29, 1.82) is 0 Å². The summed E-state index contributed by atoms with van der Waals surface area (Å²) in [5.41, 5.74) is 1.41. The lowest BCUT2D eigenvalue weighted by atomic mass is 10.00. The van der Waals surface area contributed by atoms with Crippen LogP contribution in [0.2, 0.25) is 0 Å². The van der Waals surface area contributed by atoms with Crippen LogP contribution in [0.4, 0.5) is 9.18 Å². The van der Waals surface area contributed by atoms with Gasteiger partial charge in [-0.25, -0.2) is 9.18 Å². The summed E-state index contributed by atoms with van der Waals surface area (Å²) in [6.07, 6.45) is 0.370. The molecule has 104 valence electrons. The molecule has 2 rings (SSSR count). The molecule has 0 saturated heterocycles. The lowest BCUT2D eigenvalue weighted by Gasteiger charge is -2.31. The standard InChI is InChI=1S/C14H17BrFNO2/c1-14(2,3)19-13(18)17-5-4-9-6-11(15)12(16)7-10(9)8-17/h6-7H,4-5,8H2,1-3H3. The Morgan fingerprint density at radius 1 is 1.37 bits per heavy atom. The Labute approximate surface area is 120 Å². The Morgan fingerprint density at radius 3 is 2.68 bits per heavy atom. The van der Waals surface area contributed by atoms with Crippen molar-refractivity contribution in [1.82, 2.24) is 4.90 Å². The number of halogens is 2.